The third kappa shape index (κ3) is 3.93. The van der Waals surface area contributed by atoms with Crippen molar-refractivity contribution in [2.24, 2.45) is 5.73 Å². The van der Waals surface area contributed by atoms with Crippen LogP contribution in [-0.2, 0) is 6.54 Å². The Bertz CT molecular complexity index is 506. The second-order valence-electron chi connectivity index (χ2n) is 5.68. The van der Waals surface area contributed by atoms with Crippen molar-refractivity contribution in [2.45, 2.75) is 25.9 Å². The molecule has 1 atom stereocenters. The molecule has 21 heavy (non-hydrogen) atoms. The monoisotopic (exact) mass is 307 g/mol. The summed E-state index contributed by atoms with van der Waals surface area (Å²) in [6, 6.07) is 6.75. The Morgan fingerprint density at radius 1 is 1.43 bits per heavy atom. The number of hydrogen-bond donors (Lipinski definition) is 1. The lowest BCUT2D eigenvalue weighted by atomic mass is 10.1. The van der Waals surface area contributed by atoms with Crippen LogP contribution in [0.5, 0.6) is 5.75 Å². The Morgan fingerprint density at radius 2 is 2.19 bits per heavy atom. The van der Waals surface area contributed by atoms with Crippen LogP contribution in [0.1, 0.15) is 24.5 Å². The Hall–Kier alpha value is -1.17. The number of methoxy groups -OCH3 is 1. The Morgan fingerprint density at radius 3 is 2.81 bits per heavy atom. The smallest absolute Gasteiger partial charge is 0.129 e. The standard InChI is InChI=1S/C16H25N3OS/c1-4-13-11-19(8-7-18(13)2)10-12-5-6-15(20-3)14(9-12)16(17)21/h5-6,9,13H,4,7-8,10-11H2,1-3H3,(H2,17,21). The van der Waals surface area contributed by atoms with Crippen LogP contribution < -0.4 is 10.5 Å². The normalized spacial score (nSPS) is 20.4. The summed E-state index contributed by atoms with van der Waals surface area (Å²) in [5.74, 6) is 0.746. The van der Waals surface area contributed by atoms with Gasteiger partial charge in [0.05, 0.1) is 12.7 Å². The highest BCUT2D eigenvalue weighted by atomic mass is 32.1. The molecule has 0 bridgehead atoms. The zero-order valence-electron chi connectivity index (χ0n) is 13.1. The Kier molecular flexibility index (Phi) is 5.56. The fourth-order valence-electron chi connectivity index (χ4n) is 2.90. The molecule has 1 aliphatic heterocycles. The SMILES string of the molecule is CCC1CN(Cc2ccc(OC)c(C(N)=S)c2)CCN1C. The quantitative estimate of drug-likeness (QED) is 0.841. The van der Waals surface area contributed by atoms with Gasteiger partial charge in [0.25, 0.3) is 0 Å². The van der Waals surface area contributed by atoms with Crippen molar-refractivity contribution in [1.82, 2.24) is 9.80 Å². The highest BCUT2D eigenvalue weighted by molar-refractivity contribution is 7.80. The first-order chi connectivity index (χ1) is 10.0. The molecule has 1 aliphatic rings. The molecule has 5 heteroatoms. The van der Waals surface area contributed by atoms with Crippen molar-refractivity contribution >= 4 is 17.2 Å². The Balaban J connectivity index is 2.09. The van der Waals surface area contributed by atoms with Gasteiger partial charge >= 0.3 is 0 Å². The lowest BCUT2D eigenvalue weighted by Gasteiger charge is -2.39. The number of nitrogens with zero attached hydrogens (tertiary/aromatic N) is 2. The summed E-state index contributed by atoms with van der Waals surface area (Å²) in [7, 11) is 3.85. The van der Waals surface area contributed by atoms with Gasteiger partial charge in [-0.25, -0.2) is 0 Å². The van der Waals surface area contributed by atoms with Crippen LogP contribution in [0, 0.1) is 0 Å². The molecule has 0 aliphatic carbocycles. The van der Waals surface area contributed by atoms with Crippen molar-refractivity contribution in [3.63, 3.8) is 0 Å². The number of ether oxygens (including phenoxy) is 1. The van der Waals surface area contributed by atoms with Gasteiger partial charge in [-0.05, 0) is 31.2 Å². The summed E-state index contributed by atoms with van der Waals surface area (Å²) in [6.45, 7) is 6.52. The predicted octanol–water partition coefficient (Wildman–Crippen LogP) is 1.86. The lowest BCUT2D eigenvalue weighted by molar-refractivity contribution is 0.0883. The van der Waals surface area contributed by atoms with Crippen LogP contribution in [0.2, 0.25) is 0 Å². The molecule has 2 rings (SSSR count). The zero-order valence-corrected chi connectivity index (χ0v) is 13.9. The molecule has 1 saturated heterocycles. The topological polar surface area (TPSA) is 41.7 Å². The number of piperazine rings is 1. The van der Waals surface area contributed by atoms with E-state index >= 15 is 0 Å². The number of nitrogens with two attached hydrogens (primary N) is 1. The summed E-state index contributed by atoms with van der Waals surface area (Å²) >= 11 is 5.11. The van der Waals surface area contributed by atoms with Crippen molar-refractivity contribution in [1.29, 1.82) is 0 Å². The second-order valence-corrected chi connectivity index (χ2v) is 6.12. The number of thiocarbonyl (C=S) groups is 1. The van der Waals surface area contributed by atoms with E-state index in [9.17, 15) is 0 Å². The number of rotatable bonds is 5. The summed E-state index contributed by atoms with van der Waals surface area (Å²) in [5, 5.41) is 0. The molecule has 0 saturated carbocycles. The van der Waals surface area contributed by atoms with Crippen LogP contribution >= 0.6 is 12.2 Å². The highest BCUT2D eigenvalue weighted by Crippen LogP contribution is 2.21. The average Bonchev–Trinajstić information content (AvgIpc) is 2.49. The first-order valence-electron chi connectivity index (χ1n) is 7.44. The van der Waals surface area contributed by atoms with Gasteiger partial charge in [0.15, 0.2) is 0 Å². The molecular weight excluding hydrogens is 282 g/mol. The van der Waals surface area contributed by atoms with E-state index in [1.807, 2.05) is 6.07 Å². The van der Waals surface area contributed by atoms with Gasteiger partial charge in [0.2, 0.25) is 0 Å². The van der Waals surface area contributed by atoms with E-state index in [1.54, 1.807) is 7.11 Å². The predicted molar refractivity (Wildman–Crippen MR) is 90.9 cm³/mol. The van der Waals surface area contributed by atoms with Gasteiger partial charge < -0.3 is 15.4 Å². The lowest BCUT2D eigenvalue weighted by Crippen LogP contribution is -2.50. The largest absolute Gasteiger partial charge is 0.496 e. The van der Waals surface area contributed by atoms with Gasteiger partial charge in [0.1, 0.15) is 10.7 Å². The summed E-state index contributed by atoms with van der Waals surface area (Å²) in [6.07, 6.45) is 1.19. The Labute approximate surface area is 132 Å². The molecule has 0 spiro atoms. The van der Waals surface area contributed by atoms with Gasteiger partial charge in [-0.3, -0.25) is 4.90 Å². The van der Waals surface area contributed by atoms with E-state index in [0.717, 1.165) is 37.5 Å². The van der Waals surface area contributed by atoms with E-state index in [4.69, 9.17) is 22.7 Å². The summed E-state index contributed by atoms with van der Waals surface area (Å²) in [4.78, 5) is 5.34. The zero-order chi connectivity index (χ0) is 15.4. The molecule has 0 aromatic heterocycles. The molecule has 1 aromatic rings. The first kappa shape index (κ1) is 16.2. The second kappa shape index (κ2) is 7.20. The molecular formula is C16H25N3OS. The summed E-state index contributed by atoms with van der Waals surface area (Å²) in [5.41, 5.74) is 7.84. The fraction of sp³-hybridized carbons (Fsp3) is 0.562. The minimum Gasteiger partial charge on any atom is -0.496 e. The molecule has 1 fully saturated rings. The van der Waals surface area contributed by atoms with Gasteiger partial charge in [0, 0.05) is 32.2 Å². The van der Waals surface area contributed by atoms with E-state index in [-0.39, 0.29) is 0 Å². The average molecular weight is 307 g/mol. The van der Waals surface area contributed by atoms with Gasteiger partial charge in [-0.15, -0.1) is 0 Å². The maximum absolute atomic E-state index is 5.79. The van der Waals surface area contributed by atoms with Gasteiger partial charge in [-0.2, -0.15) is 0 Å². The third-order valence-electron chi connectivity index (χ3n) is 4.27. The molecule has 4 nitrogen and oxygen atoms in total. The third-order valence-corrected chi connectivity index (χ3v) is 4.49. The maximum Gasteiger partial charge on any atom is 0.129 e. The van der Waals surface area contributed by atoms with Crippen molar-refractivity contribution < 1.29 is 4.74 Å². The molecule has 1 heterocycles. The van der Waals surface area contributed by atoms with E-state index in [1.165, 1.54) is 12.0 Å². The van der Waals surface area contributed by atoms with E-state index in [0.29, 0.717) is 11.0 Å². The summed E-state index contributed by atoms with van der Waals surface area (Å²) < 4.78 is 5.31. The van der Waals surface area contributed by atoms with Crippen molar-refractivity contribution in [3.8, 4) is 5.75 Å². The van der Waals surface area contributed by atoms with Crippen LogP contribution in [0.4, 0.5) is 0 Å². The maximum atomic E-state index is 5.79. The minimum absolute atomic E-state index is 0.388. The van der Waals surface area contributed by atoms with E-state index in [2.05, 4.69) is 35.9 Å². The fourth-order valence-corrected chi connectivity index (χ4v) is 3.06. The van der Waals surface area contributed by atoms with Gasteiger partial charge in [-0.1, -0.05) is 25.2 Å². The van der Waals surface area contributed by atoms with Crippen LogP contribution in [0.15, 0.2) is 18.2 Å². The van der Waals surface area contributed by atoms with Crippen LogP contribution in [-0.4, -0.2) is 54.6 Å². The minimum atomic E-state index is 0.388. The van der Waals surface area contributed by atoms with Crippen LogP contribution in [0.3, 0.4) is 0 Å². The molecule has 2 N–H and O–H groups in total. The van der Waals surface area contributed by atoms with Crippen molar-refractivity contribution in [2.75, 3.05) is 33.8 Å². The highest BCUT2D eigenvalue weighted by Gasteiger charge is 2.22. The molecule has 116 valence electrons. The van der Waals surface area contributed by atoms with Crippen LogP contribution in [0.25, 0.3) is 0 Å². The molecule has 0 amide bonds. The number of benzene rings is 1. The molecule has 0 radical (unpaired) electrons. The number of likely N-dealkylation sites (N-methyl/N-ethyl adjacent to an activating group) is 1. The molecule has 1 unspecified atom stereocenters. The van der Waals surface area contributed by atoms with E-state index < -0.39 is 0 Å². The first-order valence-corrected chi connectivity index (χ1v) is 7.85. The van der Waals surface area contributed by atoms with Crippen molar-refractivity contribution in [3.05, 3.63) is 29.3 Å². The molecule has 1 aromatic carbocycles. The number of hydrogen-bond acceptors (Lipinski definition) is 4.